The number of nitrogens with one attached hydrogen (secondary N) is 1. The lowest BCUT2D eigenvalue weighted by atomic mass is 10.1. The van der Waals surface area contributed by atoms with Crippen LogP contribution in [0.25, 0.3) is 6.08 Å². The first-order chi connectivity index (χ1) is 17.9. The summed E-state index contributed by atoms with van der Waals surface area (Å²) in [6.45, 7) is 5.42. The van der Waals surface area contributed by atoms with Crippen LogP contribution in [0.5, 0.6) is 17.2 Å². The van der Waals surface area contributed by atoms with Gasteiger partial charge in [-0.25, -0.2) is 4.39 Å². The van der Waals surface area contributed by atoms with Crippen LogP contribution >= 0.6 is 23.8 Å². The zero-order valence-corrected chi connectivity index (χ0v) is 22.0. The summed E-state index contributed by atoms with van der Waals surface area (Å²) in [7, 11) is 0. The fourth-order valence-electron chi connectivity index (χ4n) is 3.68. The fourth-order valence-corrected chi connectivity index (χ4v) is 4.13. The third-order valence-electron chi connectivity index (χ3n) is 5.44. The lowest BCUT2D eigenvalue weighted by Gasteiger charge is -2.15. The Bertz CT molecular complexity index is 1330. The van der Waals surface area contributed by atoms with Gasteiger partial charge in [-0.2, -0.15) is 0 Å². The van der Waals surface area contributed by atoms with E-state index in [1.807, 2.05) is 32.0 Å². The number of amides is 1. The van der Waals surface area contributed by atoms with Crippen molar-refractivity contribution in [3.05, 3.63) is 82.2 Å². The minimum absolute atomic E-state index is 0.0223. The van der Waals surface area contributed by atoms with Crippen LogP contribution in [-0.2, 0) is 17.8 Å². The maximum atomic E-state index is 13.3. The molecule has 194 valence electrons. The van der Waals surface area contributed by atoms with Crippen LogP contribution in [0.3, 0.4) is 0 Å². The molecule has 37 heavy (non-hydrogen) atoms. The van der Waals surface area contributed by atoms with Crippen molar-refractivity contribution >= 4 is 40.9 Å². The molecular formula is C27H26ClFN2O5S. The Morgan fingerprint density at radius 2 is 1.84 bits per heavy atom. The van der Waals surface area contributed by atoms with E-state index in [9.17, 15) is 9.18 Å². The molecule has 10 heteroatoms. The largest absolute Gasteiger partial charge is 0.490 e. The standard InChI is InChI=1S/C27H26ClFN2O5S/c1-3-33-24-10-5-17(13-25(24)34-4-2)11-12-31-26(32)23(30-27(31)37)15-19-6-7-20(36-19)16-35-18-8-9-22(29)21(28)14-18/h5-10,13-15H,3-4,11-12,16H2,1-2H3,(H,30,37)/b23-15+. The lowest BCUT2D eigenvalue weighted by Crippen LogP contribution is -2.32. The third-order valence-corrected chi connectivity index (χ3v) is 6.05. The van der Waals surface area contributed by atoms with Gasteiger partial charge in [0.2, 0.25) is 0 Å². The number of benzene rings is 2. The molecule has 1 aliphatic heterocycles. The highest BCUT2D eigenvalue weighted by Gasteiger charge is 2.30. The Hall–Kier alpha value is -3.56. The number of carbonyl (C=O) groups excluding carboxylic acids is 1. The fraction of sp³-hybridized carbons (Fsp3) is 0.259. The van der Waals surface area contributed by atoms with E-state index in [0.717, 1.165) is 5.56 Å². The smallest absolute Gasteiger partial charge is 0.276 e. The van der Waals surface area contributed by atoms with Crippen molar-refractivity contribution in [2.24, 2.45) is 0 Å². The molecule has 1 saturated heterocycles. The van der Waals surface area contributed by atoms with Crippen molar-refractivity contribution in [3.8, 4) is 17.2 Å². The van der Waals surface area contributed by atoms with Gasteiger partial charge in [0, 0.05) is 18.7 Å². The molecule has 0 saturated carbocycles. The van der Waals surface area contributed by atoms with Gasteiger partial charge < -0.3 is 23.9 Å². The van der Waals surface area contributed by atoms with Crippen LogP contribution in [0, 0.1) is 5.82 Å². The molecule has 0 aliphatic carbocycles. The van der Waals surface area contributed by atoms with E-state index in [1.54, 1.807) is 18.2 Å². The Morgan fingerprint density at radius 1 is 1.05 bits per heavy atom. The molecule has 4 rings (SSSR count). The maximum absolute atomic E-state index is 13.3. The molecule has 0 bridgehead atoms. The van der Waals surface area contributed by atoms with Gasteiger partial charge >= 0.3 is 0 Å². The third kappa shape index (κ3) is 6.61. The van der Waals surface area contributed by atoms with Gasteiger partial charge in [0.25, 0.3) is 5.91 Å². The van der Waals surface area contributed by atoms with Crippen LogP contribution in [0.2, 0.25) is 5.02 Å². The molecule has 1 N–H and O–H groups in total. The van der Waals surface area contributed by atoms with Crippen LogP contribution < -0.4 is 19.5 Å². The van der Waals surface area contributed by atoms with Crippen molar-refractivity contribution in [2.45, 2.75) is 26.9 Å². The van der Waals surface area contributed by atoms with Crippen molar-refractivity contribution in [3.63, 3.8) is 0 Å². The second kappa shape index (κ2) is 12.1. The number of nitrogens with zero attached hydrogens (tertiary/aromatic N) is 1. The number of thiocarbonyl (C=S) groups is 1. The molecule has 2 heterocycles. The quantitative estimate of drug-likeness (QED) is 0.243. The monoisotopic (exact) mass is 544 g/mol. The highest BCUT2D eigenvalue weighted by molar-refractivity contribution is 7.80. The van der Waals surface area contributed by atoms with E-state index in [0.29, 0.717) is 65.8 Å². The predicted molar refractivity (Wildman–Crippen MR) is 142 cm³/mol. The van der Waals surface area contributed by atoms with Gasteiger partial charge in [-0.3, -0.25) is 9.69 Å². The average molecular weight is 545 g/mol. The molecule has 0 spiro atoms. The van der Waals surface area contributed by atoms with E-state index >= 15 is 0 Å². The Balaban J connectivity index is 1.36. The summed E-state index contributed by atoms with van der Waals surface area (Å²) in [5.74, 6) is 2.01. The van der Waals surface area contributed by atoms with Crippen molar-refractivity contribution in [1.82, 2.24) is 10.2 Å². The molecule has 3 aromatic rings. The van der Waals surface area contributed by atoms with Gasteiger partial charge in [0.1, 0.15) is 35.4 Å². The number of rotatable bonds is 11. The molecule has 1 fully saturated rings. The Morgan fingerprint density at radius 3 is 2.59 bits per heavy atom. The number of ether oxygens (including phenoxy) is 3. The number of furan rings is 1. The first kappa shape index (κ1) is 26.5. The minimum Gasteiger partial charge on any atom is -0.490 e. The maximum Gasteiger partial charge on any atom is 0.276 e. The Kier molecular flexibility index (Phi) is 8.68. The van der Waals surface area contributed by atoms with Crippen LogP contribution in [0.15, 0.2) is 58.6 Å². The SMILES string of the molecule is CCOc1ccc(CCN2C(=O)/C(=C\c3ccc(COc4ccc(F)c(Cl)c4)o3)NC2=S)cc1OCC. The van der Waals surface area contributed by atoms with Gasteiger partial charge in [0.05, 0.1) is 18.2 Å². The topological polar surface area (TPSA) is 73.2 Å². The summed E-state index contributed by atoms with van der Waals surface area (Å²) in [5, 5.41) is 3.26. The van der Waals surface area contributed by atoms with Crippen LogP contribution in [-0.4, -0.2) is 35.7 Å². The highest BCUT2D eigenvalue weighted by Crippen LogP contribution is 2.29. The van der Waals surface area contributed by atoms with Gasteiger partial charge in [-0.15, -0.1) is 0 Å². The van der Waals surface area contributed by atoms with Gasteiger partial charge in [-0.1, -0.05) is 17.7 Å². The first-order valence-electron chi connectivity index (χ1n) is 11.8. The Labute approximate surface area is 224 Å². The normalized spacial score (nSPS) is 14.3. The second-order valence-electron chi connectivity index (χ2n) is 8.01. The van der Waals surface area contributed by atoms with E-state index in [-0.39, 0.29) is 17.5 Å². The molecular weight excluding hydrogens is 519 g/mol. The zero-order chi connectivity index (χ0) is 26.4. The summed E-state index contributed by atoms with van der Waals surface area (Å²) in [6.07, 6.45) is 2.18. The highest BCUT2D eigenvalue weighted by atomic mass is 35.5. The van der Waals surface area contributed by atoms with E-state index in [2.05, 4.69) is 5.32 Å². The molecule has 0 atom stereocenters. The van der Waals surface area contributed by atoms with Crippen molar-refractivity contribution in [2.75, 3.05) is 19.8 Å². The van der Waals surface area contributed by atoms with E-state index in [1.165, 1.54) is 23.1 Å². The number of hydrogen-bond acceptors (Lipinski definition) is 6. The molecule has 0 unspecified atom stereocenters. The number of hydrogen-bond donors (Lipinski definition) is 1. The van der Waals surface area contributed by atoms with Crippen molar-refractivity contribution < 1.29 is 27.8 Å². The molecule has 0 radical (unpaired) electrons. The van der Waals surface area contributed by atoms with Crippen molar-refractivity contribution in [1.29, 1.82) is 0 Å². The summed E-state index contributed by atoms with van der Waals surface area (Å²) in [4.78, 5) is 14.5. The summed E-state index contributed by atoms with van der Waals surface area (Å²) < 4.78 is 35.9. The lowest BCUT2D eigenvalue weighted by molar-refractivity contribution is -0.122. The first-order valence-corrected chi connectivity index (χ1v) is 12.6. The predicted octanol–water partition coefficient (Wildman–Crippen LogP) is 5.75. The molecule has 1 aliphatic rings. The van der Waals surface area contributed by atoms with Gasteiger partial charge in [0.15, 0.2) is 16.6 Å². The molecule has 1 amide bonds. The van der Waals surface area contributed by atoms with Gasteiger partial charge in [-0.05, 0) is 74.4 Å². The zero-order valence-electron chi connectivity index (χ0n) is 20.4. The summed E-state index contributed by atoms with van der Waals surface area (Å²) in [5.41, 5.74) is 1.32. The van der Waals surface area contributed by atoms with E-state index in [4.69, 9.17) is 42.4 Å². The van der Waals surface area contributed by atoms with Crippen LogP contribution in [0.4, 0.5) is 4.39 Å². The van der Waals surface area contributed by atoms with E-state index < -0.39 is 5.82 Å². The average Bonchev–Trinajstić information content (AvgIpc) is 3.43. The molecule has 2 aromatic carbocycles. The summed E-state index contributed by atoms with van der Waals surface area (Å²) >= 11 is 11.2. The molecule has 7 nitrogen and oxygen atoms in total. The number of halogens is 2. The summed E-state index contributed by atoms with van der Waals surface area (Å²) in [6, 6.07) is 13.3. The molecule has 1 aromatic heterocycles. The minimum atomic E-state index is -0.517. The second-order valence-corrected chi connectivity index (χ2v) is 8.80. The van der Waals surface area contributed by atoms with Crippen LogP contribution in [0.1, 0.15) is 30.9 Å². The number of carbonyl (C=O) groups is 1.